The van der Waals surface area contributed by atoms with Gasteiger partial charge in [0.15, 0.2) is 0 Å². The number of benzene rings is 1. The number of rotatable bonds is 2. The van der Waals surface area contributed by atoms with Gasteiger partial charge in [-0.1, -0.05) is 0 Å². The van der Waals surface area contributed by atoms with Gasteiger partial charge in [-0.25, -0.2) is 17.8 Å². The van der Waals surface area contributed by atoms with Gasteiger partial charge in [-0.05, 0) is 18.2 Å². The lowest BCUT2D eigenvalue weighted by atomic mass is 10.3. The number of thiol groups is 1. The Morgan fingerprint density at radius 1 is 1.43 bits per heavy atom. The molecule has 0 radical (unpaired) electrons. The van der Waals surface area contributed by atoms with Crippen molar-refractivity contribution in [1.29, 1.82) is 0 Å². The van der Waals surface area contributed by atoms with Crippen LogP contribution in [-0.4, -0.2) is 13.4 Å². The third-order valence-electron chi connectivity index (χ3n) is 1.66. The van der Waals surface area contributed by atoms with E-state index in [1.807, 2.05) is 0 Å². The molecule has 3 nitrogen and oxygen atoms in total. The normalized spacial score (nSPS) is 11.3. The summed E-state index contributed by atoms with van der Waals surface area (Å²) < 4.78 is 34.3. The highest BCUT2D eigenvalue weighted by molar-refractivity contribution is 7.71. The number of hydrogen-bond acceptors (Lipinski definition) is 4. The fourth-order valence-corrected chi connectivity index (χ4v) is 2.78. The summed E-state index contributed by atoms with van der Waals surface area (Å²) in [5, 5.41) is 0.502. The second-order valence-electron chi connectivity index (χ2n) is 2.71. The van der Waals surface area contributed by atoms with E-state index in [1.165, 1.54) is 23.5 Å². The highest BCUT2D eigenvalue weighted by Crippen LogP contribution is 2.23. The second-order valence-corrected chi connectivity index (χ2v) is 4.81. The number of fused-ring (bicyclic) bond motifs is 1. The molecular formula is C8H6FNO2S2. The van der Waals surface area contributed by atoms with Crippen LogP contribution in [-0.2, 0) is 16.5 Å². The van der Waals surface area contributed by atoms with Crippen LogP contribution < -0.4 is 0 Å². The van der Waals surface area contributed by atoms with Gasteiger partial charge in [-0.2, -0.15) is 0 Å². The zero-order chi connectivity index (χ0) is 10.1. The van der Waals surface area contributed by atoms with Crippen molar-refractivity contribution in [1.82, 2.24) is 4.98 Å². The number of hydrogen-bond donors (Lipinski definition) is 1. The first-order chi connectivity index (χ1) is 6.65. The maximum absolute atomic E-state index is 12.8. The van der Waals surface area contributed by atoms with Crippen LogP contribution in [0.15, 0.2) is 18.2 Å². The summed E-state index contributed by atoms with van der Waals surface area (Å²) in [6.45, 7) is 0. The fourth-order valence-electron chi connectivity index (χ4n) is 1.12. The van der Waals surface area contributed by atoms with Gasteiger partial charge in [0.2, 0.25) is 0 Å². The van der Waals surface area contributed by atoms with E-state index in [4.69, 9.17) is 0 Å². The maximum atomic E-state index is 12.8. The summed E-state index contributed by atoms with van der Waals surface area (Å²) in [5.74, 6) is -0.407. The highest BCUT2D eigenvalue weighted by Gasteiger charge is 2.05. The van der Waals surface area contributed by atoms with E-state index in [1.54, 1.807) is 6.07 Å². The fraction of sp³-hybridized carbons (Fsp3) is 0.125. The van der Waals surface area contributed by atoms with Crippen LogP contribution >= 0.6 is 11.3 Å². The van der Waals surface area contributed by atoms with Crippen LogP contribution in [0.25, 0.3) is 10.2 Å². The molecule has 0 aliphatic rings. The molecule has 6 heteroatoms. The van der Waals surface area contributed by atoms with E-state index >= 15 is 0 Å². The van der Waals surface area contributed by atoms with Gasteiger partial charge in [0.25, 0.3) is 0 Å². The minimum atomic E-state index is -2.47. The predicted molar refractivity (Wildman–Crippen MR) is 53.6 cm³/mol. The predicted octanol–water partition coefficient (Wildman–Crippen LogP) is 1.55. The molecule has 0 aliphatic carbocycles. The summed E-state index contributed by atoms with van der Waals surface area (Å²) in [5.41, 5.74) is 0.642. The van der Waals surface area contributed by atoms with E-state index in [9.17, 15) is 12.8 Å². The maximum Gasteiger partial charge on any atom is 0.146 e. The smallest absolute Gasteiger partial charge is 0.146 e. The lowest BCUT2D eigenvalue weighted by Gasteiger charge is -1.85. The van der Waals surface area contributed by atoms with Crippen molar-refractivity contribution in [3.63, 3.8) is 0 Å². The van der Waals surface area contributed by atoms with Crippen LogP contribution in [0.5, 0.6) is 0 Å². The Bertz CT molecular complexity index is 539. The first-order valence-electron chi connectivity index (χ1n) is 3.82. The average Bonchev–Trinajstić information content (AvgIpc) is 2.44. The van der Waals surface area contributed by atoms with Gasteiger partial charge in [-0.15, -0.1) is 11.3 Å². The molecule has 0 fully saturated rings. The Kier molecular flexibility index (Phi) is 2.47. The Morgan fingerprint density at radius 3 is 2.93 bits per heavy atom. The van der Waals surface area contributed by atoms with E-state index in [-0.39, 0.29) is 11.6 Å². The SMILES string of the molecule is O=[SH](=O)Cc1nc2ccc(F)cc2s1. The Balaban J connectivity index is 2.51. The summed E-state index contributed by atoms with van der Waals surface area (Å²) in [4.78, 5) is 4.06. The van der Waals surface area contributed by atoms with Crippen LogP contribution in [0.1, 0.15) is 5.01 Å². The standard InChI is InChI=1S/C8H6FNO2S2/c9-5-1-2-6-7(3-5)13-8(10-6)4-14(11)12/h1-3,14H,4H2. The first kappa shape index (κ1) is 9.54. The number of thiazole rings is 1. The monoisotopic (exact) mass is 231 g/mol. The lowest BCUT2D eigenvalue weighted by Crippen LogP contribution is -1.83. The van der Waals surface area contributed by atoms with E-state index in [0.29, 0.717) is 15.2 Å². The number of halogens is 1. The zero-order valence-corrected chi connectivity index (χ0v) is 8.65. The third kappa shape index (κ3) is 1.91. The molecule has 0 aliphatic heterocycles. The molecule has 0 saturated carbocycles. The first-order valence-corrected chi connectivity index (χ1v) is 6.00. The molecule has 0 spiro atoms. The topological polar surface area (TPSA) is 47.0 Å². The molecule has 2 rings (SSSR count). The van der Waals surface area contributed by atoms with Crippen molar-refractivity contribution in [2.75, 3.05) is 0 Å². The molecule has 74 valence electrons. The van der Waals surface area contributed by atoms with Crippen molar-refractivity contribution in [3.8, 4) is 0 Å². The minimum Gasteiger partial charge on any atom is -0.240 e. The molecule has 0 saturated heterocycles. The largest absolute Gasteiger partial charge is 0.240 e. The lowest BCUT2D eigenvalue weighted by molar-refractivity contribution is 0.614. The Hall–Kier alpha value is -1.01. The molecule has 2 aromatic rings. The van der Waals surface area contributed by atoms with Gasteiger partial charge in [-0.3, -0.25) is 0 Å². The minimum absolute atomic E-state index is 0.0731. The quantitative estimate of drug-likeness (QED) is 0.798. The van der Waals surface area contributed by atoms with Crippen molar-refractivity contribution in [3.05, 3.63) is 29.0 Å². The van der Waals surface area contributed by atoms with Crippen molar-refractivity contribution >= 4 is 32.3 Å². The summed E-state index contributed by atoms with van der Waals surface area (Å²) in [6, 6.07) is 4.21. The van der Waals surface area contributed by atoms with E-state index < -0.39 is 10.7 Å². The third-order valence-corrected chi connectivity index (χ3v) is 3.45. The molecule has 14 heavy (non-hydrogen) atoms. The molecule has 0 N–H and O–H groups in total. The van der Waals surface area contributed by atoms with Gasteiger partial charge in [0, 0.05) is 0 Å². The van der Waals surface area contributed by atoms with E-state index in [2.05, 4.69) is 4.98 Å². The molecule has 0 amide bonds. The number of nitrogens with zero attached hydrogens (tertiary/aromatic N) is 1. The second kappa shape index (κ2) is 3.62. The van der Waals surface area contributed by atoms with Crippen LogP contribution in [0, 0.1) is 5.82 Å². The summed E-state index contributed by atoms with van der Waals surface area (Å²) in [7, 11) is -2.47. The molecule has 1 aromatic carbocycles. The Labute approximate surface area is 85.2 Å². The van der Waals surface area contributed by atoms with Gasteiger partial charge in [0.05, 0.1) is 16.0 Å². The summed E-state index contributed by atoms with van der Waals surface area (Å²) in [6.07, 6.45) is 0. The average molecular weight is 231 g/mol. The van der Waals surface area contributed by atoms with Crippen LogP contribution in [0.3, 0.4) is 0 Å². The van der Waals surface area contributed by atoms with Crippen LogP contribution in [0.2, 0.25) is 0 Å². The van der Waals surface area contributed by atoms with E-state index in [0.717, 1.165) is 0 Å². The summed E-state index contributed by atoms with van der Waals surface area (Å²) >= 11 is 1.20. The molecule has 1 aromatic heterocycles. The Morgan fingerprint density at radius 2 is 2.21 bits per heavy atom. The molecule has 0 unspecified atom stereocenters. The highest BCUT2D eigenvalue weighted by atomic mass is 32.2. The molecular weight excluding hydrogens is 225 g/mol. The van der Waals surface area contributed by atoms with Gasteiger partial charge >= 0.3 is 0 Å². The molecule has 0 atom stereocenters. The van der Waals surface area contributed by atoms with Gasteiger partial charge < -0.3 is 0 Å². The molecule has 0 bridgehead atoms. The molecule has 1 heterocycles. The van der Waals surface area contributed by atoms with Crippen molar-refractivity contribution in [2.24, 2.45) is 0 Å². The van der Waals surface area contributed by atoms with Crippen LogP contribution in [0.4, 0.5) is 4.39 Å². The number of aromatic nitrogens is 1. The zero-order valence-electron chi connectivity index (χ0n) is 6.94. The van der Waals surface area contributed by atoms with Gasteiger partial charge in [0.1, 0.15) is 21.5 Å². The van der Waals surface area contributed by atoms with Crippen molar-refractivity contribution < 1.29 is 12.8 Å². The van der Waals surface area contributed by atoms with Crippen molar-refractivity contribution in [2.45, 2.75) is 5.75 Å².